The van der Waals surface area contributed by atoms with Crippen LogP contribution in [0, 0.1) is 47.5 Å². The Morgan fingerprint density at radius 2 is 0.621 bits per heavy atom. The first kappa shape index (κ1) is 150. The molecule has 1 heterocycles. The number of piperidine rings is 1. The Balaban J connectivity index is -0.000000163. The van der Waals surface area contributed by atoms with E-state index in [1.54, 1.807) is 42.2 Å². The number of benzene rings is 6. The fraction of sp³-hybridized carbons (Fsp3) is 0.595. The van der Waals surface area contributed by atoms with E-state index in [1.165, 1.54) is 156 Å². The third-order valence-corrected chi connectivity index (χ3v) is 19.8. The number of carbonyl (C=O) groups is 11. The summed E-state index contributed by atoms with van der Waals surface area (Å²) in [5.74, 6) is 2.92. The topological polar surface area (TPSA) is 321 Å². The molecule has 1 aliphatic rings. The van der Waals surface area contributed by atoms with Crippen molar-refractivity contribution in [3.63, 3.8) is 0 Å². The smallest absolute Gasteiger partial charge is 0.251 e. The number of likely N-dealkylation sites (tertiary alicyclic amines) is 1. The largest absolute Gasteiger partial charge is 0.385 e. The number of nitrogens with one attached hydrogen (secondary N) is 10. The standard InChI is InChI=1S/C14H14.C13H19NO.C11H15NO.C10H13NO.C10H19NO.C9H11NO.C7H15NO.C6H14.2C5H11NO.C5H12.2C4H9NO.C4H10.C3H7NO.C3H8O.C3H8S/c1-11-3-7-13(8-4-11)14-9-5-12(2)6-10-14;1-3-4-9-14-13(15)10-12-7-5-11(2)6-8-12;1-3-8-12-11(13)10-6-4-9(2)5-7-10;1-8-3-5-9(6-4-8)7-10(12)11-2;1-3-4-10-5-7-11(8-6-10)9(2)12;1-7-3-5-8(6-4-7)9(11)10-2;1-3-5-6-8-7(9)4-2;1-3-5-6-4-2;2*1-3-4-6-5(2)7;1-3-5-4-2;1-3-4(6)5-2;1-3-5-4(2)6;1-3-4-2;1-3(5)4-2;2*1-3-4-2/h3-10H,1-2H3;5-8H,3-4,9-10H2,1-2H3,(H,14,15);4-7H,3,8H2,1-2H3,(H,12,13);3-6H,7H2,1-2H3,(H,11,12);10H,3-8H2,1-2H3;3-6H,1-2H3,(H,10,11);3-6H2,1-2H3,(H,8,9);3-6H2,1-2H3;2*3-4H2,1-2H3,(H,6,7);3-5H2,1-2H3;2*3H2,1-2H3,(H,5,6);3-4H2,1-2H3;1-2H3,(H,4,5);2*3H2,1-2H3. The summed E-state index contributed by atoms with van der Waals surface area (Å²) >= 11 is 1.86. The lowest BCUT2D eigenvalue weighted by atomic mass is 9.92. The van der Waals surface area contributed by atoms with Crippen LogP contribution in [0.1, 0.15) is 359 Å². The van der Waals surface area contributed by atoms with Crippen LogP contribution in [0.4, 0.5) is 0 Å². The van der Waals surface area contributed by atoms with Gasteiger partial charge in [0.25, 0.3) is 11.8 Å². The number of unbranched alkanes of at least 4 members (excludes halogenated alkanes) is 8. The van der Waals surface area contributed by atoms with Gasteiger partial charge in [-0.15, -0.1) is 0 Å². The van der Waals surface area contributed by atoms with Crippen molar-refractivity contribution in [3.05, 3.63) is 201 Å². The van der Waals surface area contributed by atoms with E-state index in [-0.39, 0.29) is 65.0 Å². The predicted molar refractivity (Wildman–Crippen MR) is 603 cm³/mol. The number of hydrogen-bond donors (Lipinski definition) is 10. The van der Waals surface area contributed by atoms with Gasteiger partial charge in [-0.3, -0.25) is 52.7 Å². The molecule has 0 radical (unpaired) electrons. The van der Waals surface area contributed by atoms with Crippen LogP contribution in [0.3, 0.4) is 0 Å². The average Bonchev–Trinajstić information content (AvgIpc) is 0.860. The summed E-state index contributed by atoms with van der Waals surface area (Å²) in [4.78, 5) is 118. The lowest BCUT2D eigenvalue weighted by molar-refractivity contribution is -0.130. The number of likely N-dealkylation sites (N-methyl/N-ethyl adjacent to an activating group) is 1. The minimum atomic E-state index is -0.0370. The SMILES string of the molecule is CCC(=O)NC.CCCC.CCCC1CCN(C(C)=O)CC1.CCCCC.CCCCCC.CCCCNC(=O)CC.CCCCNC(=O)Cc1ccc(C)cc1.CCCNC(=O)c1ccc(C)cc1.CCCNC(C)=O.CCCNC(C)=O.CCNC(C)=O.CCOC.CCSC.CNC(=O)Cc1ccc(C)cc1.CNC(=O)c1ccc(C)cc1.CNC(C)=O.Cc1ccc(-c2ccc(C)cc2)cc1. The normalized spacial score (nSPS) is 9.86. The fourth-order valence-corrected chi connectivity index (χ4v) is 10.1. The van der Waals surface area contributed by atoms with E-state index in [1.807, 2.05) is 190 Å². The molecule has 11 amide bonds. The van der Waals surface area contributed by atoms with Crippen LogP contribution in [0.25, 0.3) is 11.1 Å². The maximum absolute atomic E-state index is 11.5. The molecular formula is C116H205N11O12S. The highest BCUT2D eigenvalue weighted by molar-refractivity contribution is 7.98. The Bertz CT molecular complexity index is 3730. The van der Waals surface area contributed by atoms with Gasteiger partial charge in [-0.25, -0.2) is 0 Å². The minimum absolute atomic E-state index is 0.00463. The zero-order valence-corrected chi connectivity index (χ0v) is 95.5. The molecule has 0 aromatic heterocycles. The van der Waals surface area contributed by atoms with Crippen molar-refractivity contribution < 1.29 is 57.5 Å². The number of nitrogens with zero attached hydrogens (tertiary/aromatic N) is 1. The van der Waals surface area contributed by atoms with Gasteiger partial charge in [0, 0.05) is 153 Å². The van der Waals surface area contributed by atoms with Gasteiger partial charge in [0.2, 0.25) is 53.2 Å². The van der Waals surface area contributed by atoms with Crippen LogP contribution in [0.5, 0.6) is 0 Å². The van der Waals surface area contributed by atoms with E-state index in [0.717, 1.165) is 132 Å². The quantitative estimate of drug-likeness (QED) is 0.0176. The highest BCUT2D eigenvalue weighted by Crippen LogP contribution is 2.22. The fourth-order valence-electron chi connectivity index (χ4n) is 10.1. The molecule has 0 spiro atoms. The molecule has 802 valence electrons. The van der Waals surface area contributed by atoms with E-state index < -0.39 is 0 Å². The Kier molecular flexibility index (Phi) is 124. The monoisotopic (exact) mass is 1980 g/mol. The molecule has 23 nitrogen and oxygen atoms in total. The van der Waals surface area contributed by atoms with Gasteiger partial charge in [-0.2, -0.15) is 11.8 Å². The summed E-state index contributed by atoms with van der Waals surface area (Å²) in [6, 6.07) is 48.4. The summed E-state index contributed by atoms with van der Waals surface area (Å²) in [5.41, 5.74) is 13.5. The van der Waals surface area contributed by atoms with Crippen LogP contribution in [-0.2, 0) is 60.7 Å². The molecule has 24 heteroatoms. The molecular weight excluding hydrogens is 1770 g/mol. The lowest BCUT2D eigenvalue weighted by Crippen LogP contribution is -2.36. The number of thioether (sulfide) groups is 1. The van der Waals surface area contributed by atoms with Crippen molar-refractivity contribution in [1.82, 2.24) is 58.1 Å². The van der Waals surface area contributed by atoms with Crippen LogP contribution >= 0.6 is 11.8 Å². The molecule has 140 heavy (non-hydrogen) atoms. The number of ether oxygens (including phenoxy) is 1. The van der Waals surface area contributed by atoms with Gasteiger partial charge in [0.05, 0.1) is 12.8 Å². The van der Waals surface area contributed by atoms with Crippen molar-refractivity contribution in [2.75, 3.05) is 106 Å². The average molecular weight is 1980 g/mol. The Labute approximate surface area is 859 Å². The number of rotatable bonds is 32. The van der Waals surface area contributed by atoms with E-state index in [4.69, 9.17) is 0 Å². The summed E-state index contributed by atoms with van der Waals surface area (Å²) in [6.45, 7) is 63.0. The molecule has 0 bridgehead atoms. The molecule has 6 aromatic rings. The van der Waals surface area contributed by atoms with E-state index >= 15 is 0 Å². The number of methoxy groups -OCH3 is 1. The molecule has 0 saturated carbocycles. The second-order valence-electron chi connectivity index (χ2n) is 32.9. The minimum Gasteiger partial charge on any atom is -0.385 e. The summed E-state index contributed by atoms with van der Waals surface area (Å²) in [7, 11) is 8.19. The Hall–Kier alpha value is -10.2. The maximum atomic E-state index is 11.5. The Morgan fingerprint density at radius 1 is 0.321 bits per heavy atom. The first-order valence-corrected chi connectivity index (χ1v) is 53.1. The maximum Gasteiger partial charge on any atom is 0.251 e. The molecule has 1 saturated heterocycles. The van der Waals surface area contributed by atoms with Crippen LogP contribution in [0.2, 0.25) is 0 Å². The van der Waals surface area contributed by atoms with Gasteiger partial charge >= 0.3 is 0 Å². The van der Waals surface area contributed by atoms with E-state index in [9.17, 15) is 52.7 Å². The molecule has 1 fully saturated rings. The highest BCUT2D eigenvalue weighted by atomic mass is 32.2. The molecule has 0 atom stereocenters. The first-order valence-electron chi connectivity index (χ1n) is 51.7. The summed E-state index contributed by atoms with van der Waals surface area (Å²) in [6.07, 6.45) is 28.9. The zero-order chi connectivity index (χ0) is 109. The molecule has 6 aromatic carbocycles. The van der Waals surface area contributed by atoms with Crippen LogP contribution < -0.4 is 53.2 Å². The van der Waals surface area contributed by atoms with Crippen molar-refractivity contribution in [1.29, 1.82) is 0 Å². The Morgan fingerprint density at radius 3 is 0.843 bits per heavy atom. The highest BCUT2D eigenvalue weighted by Gasteiger charge is 2.19. The molecule has 10 N–H and O–H groups in total. The van der Waals surface area contributed by atoms with Gasteiger partial charge in [0.1, 0.15) is 0 Å². The zero-order valence-electron chi connectivity index (χ0n) is 94.7. The first-order chi connectivity index (χ1) is 66.7. The van der Waals surface area contributed by atoms with Crippen LogP contribution in [0.15, 0.2) is 146 Å². The summed E-state index contributed by atoms with van der Waals surface area (Å²) in [5, 5.41) is 26.4. The molecule has 0 aliphatic carbocycles. The molecule has 0 unspecified atom stereocenters. The van der Waals surface area contributed by atoms with Gasteiger partial charge < -0.3 is 62.8 Å². The number of carbonyl (C=O) groups excluding carboxylic acids is 11. The van der Waals surface area contributed by atoms with Gasteiger partial charge in [-0.1, -0.05) is 342 Å². The third kappa shape index (κ3) is 118. The number of amides is 11. The van der Waals surface area contributed by atoms with E-state index in [0.29, 0.717) is 31.2 Å². The summed E-state index contributed by atoms with van der Waals surface area (Å²) < 4.78 is 4.54. The van der Waals surface area contributed by atoms with Crippen molar-refractivity contribution >= 4 is 76.7 Å². The number of aryl methyl sites for hydroxylation is 6. The second kappa shape index (κ2) is 116. The second-order valence-corrected chi connectivity index (χ2v) is 34.1. The lowest BCUT2D eigenvalue weighted by Gasteiger charge is -2.31. The molecule has 7 rings (SSSR count). The van der Waals surface area contributed by atoms with Crippen LogP contribution in [-0.4, -0.2) is 176 Å². The van der Waals surface area contributed by atoms with Gasteiger partial charge in [0.15, 0.2) is 0 Å². The van der Waals surface area contributed by atoms with Crippen molar-refractivity contribution in [3.8, 4) is 11.1 Å². The third-order valence-electron chi connectivity index (χ3n) is 19.2. The van der Waals surface area contributed by atoms with Crippen molar-refractivity contribution in [2.45, 2.75) is 348 Å². The predicted octanol–water partition coefficient (Wildman–Crippen LogP) is 24.3. The van der Waals surface area contributed by atoms with E-state index in [2.05, 4.69) is 196 Å². The van der Waals surface area contributed by atoms with Crippen molar-refractivity contribution in [2.24, 2.45) is 5.92 Å². The number of hydrogen-bond acceptors (Lipinski definition) is 13. The van der Waals surface area contributed by atoms with Gasteiger partial charge in [-0.05, 0) is 165 Å². The molecule has 1 aliphatic heterocycles.